The molecule has 84 valence electrons. The molecule has 1 N–H and O–H groups in total. The second-order valence-corrected chi connectivity index (χ2v) is 5.14. The van der Waals surface area contributed by atoms with Crippen LogP contribution in [0.15, 0.2) is 29.6 Å². The molecule has 0 aliphatic carbocycles. The predicted molar refractivity (Wildman–Crippen MR) is 67.0 cm³/mol. The van der Waals surface area contributed by atoms with Gasteiger partial charge < -0.3 is 5.11 Å². The number of hydrogen-bond donors (Lipinski definition) is 1. The van der Waals surface area contributed by atoms with Crippen LogP contribution in [-0.2, 0) is 6.42 Å². The number of rotatable bonds is 3. The van der Waals surface area contributed by atoms with E-state index in [1.807, 2.05) is 36.6 Å². The van der Waals surface area contributed by atoms with Gasteiger partial charge in [-0.3, -0.25) is 0 Å². The molecule has 0 bridgehead atoms. The van der Waals surface area contributed by atoms with Crippen molar-refractivity contribution in [1.29, 1.82) is 0 Å². The van der Waals surface area contributed by atoms with Crippen molar-refractivity contribution in [3.05, 3.63) is 50.9 Å². The molecule has 0 aliphatic rings. The molecule has 1 atom stereocenters. The van der Waals surface area contributed by atoms with Crippen molar-refractivity contribution < 1.29 is 5.11 Å². The minimum Gasteiger partial charge on any atom is -0.386 e. The molecule has 0 saturated carbocycles. The highest BCUT2D eigenvalue weighted by Crippen LogP contribution is 2.21. The number of thiazole rings is 1. The summed E-state index contributed by atoms with van der Waals surface area (Å²) in [6, 6.07) is 7.53. The van der Waals surface area contributed by atoms with E-state index in [1.54, 1.807) is 11.3 Å². The third-order valence-corrected chi connectivity index (χ3v) is 3.32. The average Bonchev–Trinajstić information content (AvgIpc) is 2.65. The maximum Gasteiger partial charge on any atom is 0.101 e. The number of aryl methyl sites for hydroxylation is 1. The van der Waals surface area contributed by atoms with Crippen LogP contribution in [0.2, 0.25) is 5.02 Å². The maximum absolute atomic E-state index is 9.98. The van der Waals surface area contributed by atoms with Gasteiger partial charge in [-0.2, -0.15) is 0 Å². The largest absolute Gasteiger partial charge is 0.386 e. The van der Waals surface area contributed by atoms with Gasteiger partial charge in [0, 0.05) is 16.8 Å². The fraction of sp³-hybridized carbons (Fsp3) is 0.250. The first-order valence-electron chi connectivity index (χ1n) is 4.99. The highest BCUT2D eigenvalue weighted by molar-refractivity contribution is 7.09. The Balaban J connectivity index is 2.10. The molecule has 1 unspecified atom stereocenters. The summed E-state index contributed by atoms with van der Waals surface area (Å²) in [5.74, 6) is 0. The van der Waals surface area contributed by atoms with Gasteiger partial charge in [0.15, 0.2) is 0 Å². The van der Waals surface area contributed by atoms with Gasteiger partial charge in [-0.1, -0.05) is 23.7 Å². The predicted octanol–water partition coefficient (Wildman–Crippen LogP) is 3.38. The Bertz CT molecular complexity index is 483. The van der Waals surface area contributed by atoms with Gasteiger partial charge in [0.1, 0.15) is 6.10 Å². The lowest BCUT2D eigenvalue weighted by Gasteiger charge is -2.07. The zero-order valence-electron chi connectivity index (χ0n) is 8.85. The van der Waals surface area contributed by atoms with Crippen LogP contribution < -0.4 is 0 Å². The summed E-state index contributed by atoms with van der Waals surface area (Å²) in [7, 11) is 0. The van der Waals surface area contributed by atoms with Crippen LogP contribution in [0, 0.1) is 6.92 Å². The molecule has 0 saturated heterocycles. The Morgan fingerprint density at radius 3 is 2.94 bits per heavy atom. The van der Waals surface area contributed by atoms with Crippen molar-refractivity contribution in [3.8, 4) is 0 Å². The highest BCUT2D eigenvalue weighted by Gasteiger charge is 2.11. The maximum atomic E-state index is 9.98. The first-order chi connectivity index (χ1) is 7.65. The Kier molecular flexibility index (Phi) is 3.59. The lowest BCUT2D eigenvalue weighted by molar-refractivity contribution is 0.174. The van der Waals surface area contributed by atoms with Crippen LogP contribution >= 0.6 is 22.9 Å². The Hall–Kier alpha value is -0.900. The van der Waals surface area contributed by atoms with E-state index in [-0.39, 0.29) is 0 Å². The fourth-order valence-electron chi connectivity index (χ4n) is 1.52. The number of nitrogens with zero attached hydrogens (tertiary/aromatic N) is 1. The van der Waals surface area contributed by atoms with Gasteiger partial charge in [0.05, 0.1) is 10.7 Å². The van der Waals surface area contributed by atoms with Crippen molar-refractivity contribution >= 4 is 22.9 Å². The van der Waals surface area contributed by atoms with Crippen molar-refractivity contribution in [2.75, 3.05) is 0 Å². The van der Waals surface area contributed by atoms with Crippen molar-refractivity contribution in [3.63, 3.8) is 0 Å². The minimum atomic E-state index is -0.552. The SMILES string of the molecule is Cc1nc(C(O)Cc2cccc(Cl)c2)cs1. The molecular weight excluding hydrogens is 242 g/mol. The highest BCUT2D eigenvalue weighted by atomic mass is 35.5. The van der Waals surface area contributed by atoms with Crippen LogP contribution in [0.3, 0.4) is 0 Å². The van der Waals surface area contributed by atoms with E-state index in [2.05, 4.69) is 4.98 Å². The quantitative estimate of drug-likeness (QED) is 0.910. The van der Waals surface area contributed by atoms with Gasteiger partial charge in [0.2, 0.25) is 0 Å². The van der Waals surface area contributed by atoms with Crippen molar-refractivity contribution in [1.82, 2.24) is 4.98 Å². The number of aromatic nitrogens is 1. The summed E-state index contributed by atoms with van der Waals surface area (Å²) >= 11 is 7.43. The van der Waals surface area contributed by atoms with E-state index in [9.17, 15) is 5.11 Å². The number of halogens is 1. The summed E-state index contributed by atoms with van der Waals surface area (Å²) in [6.07, 6.45) is -0.00702. The average molecular weight is 254 g/mol. The molecule has 0 amide bonds. The van der Waals surface area contributed by atoms with E-state index < -0.39 is 6.10 Å². The molecule has 0 fully saturated rings. The third-order valence-electron chi connectivity index (χ3n) is 2.30. The molecule has 0 spiro atoms. The van der Waals surface area contributed by atoms with Crippen LogP contribution in [0.5, 0.6) is 0 Å². The summed E-state index contributed by atoms with van der Waals surface area (Å²) in [6.45, 7) is 1.93. The van der Waals surface area contributed by atoms with Crippen LogP contribution in [0.4, 0.5) is 0 Å². The van der Waals surface area contributed by atoms with Gasteiger partial charge in [-0.15, -0.1) is 11.3 Å². The normalized spacial score (nSPS) is 12.7. The summed E-state index contributed by atoms with van der Waals surface area (Å²) in [5.41, 5.74) is 1.76. The second-order valence-electron chi connectivity index (χ2n) is 3.64. The van der Waals surface area contributed by atoms with E-state index in [1.165, 1.54) is 0 Å². The zero-order chi connectivity index (χ0) is 11.5. The lowest BCUT2D eigenvalue weighted by atomic mass is 10.1. The molecule has 16 heavy (non-hydrogen) atoms. The van der Waals surface area contributed by atoms with Crippen molar-refractivity contribution in [2.24, 2.45) is 0 Å². The van der Waals surface area contributed by atoms with Crippen LogP contribution in [-0.4, -0.2) is 10.1 Å². The molecule has 0 aliphatic heterocycles. The number of aliphatic hydroxyl groups excluding tert-OH is 1. The number of aliphatic hydroxyl groups is 1. The van der Waals surface area contributed by atoms with E-state index >= 15 is 0 Å². The minimum absolute atomic E-state index is 0.545. The molecule has 1 aromatic heterocycles. The molecule has 1 heterocycles. The smallest absolute Gasteiger partial charge is 0.101 e. The number of hydrogen-bond acceptors (Lipinski definition) is 3. The van der Waals surface area contributed by atoms with Gasteiger partial charge >= 0.3 is 0 Å². The van der Waals surface area contributed by atoms with Gasteiger partial charge in [-0.05, 0) is 24.6 Å². The molecule has 1 aromatic carbocycles. The monoisotopic (exact) mass is 253 g/mol. The molecule has 4 heteroatoms. The van der Waals surface area contributed by atoms with E-state index in [4.69, 9.17) is 11.6 Å². The van der Waals surface area contributed by atoms with Crippen molar-refractivity contribution in [2.45, 2.75) is 19.4 Å². The summed E-state index contributed by atoms with van der Waals surface area (Å²) < 4.78 is 0. The topological polar surface area (TPSA) is 33.1 Å². The summed E-state index contributed by atoms with van der Waals surface area (Å²) in [4.78, 5) is 4.26. The summed E-state index contributed by atoms with van der Waals surface area (Å²) in [5, 5.41) is 13.5. The van der Waals surface area contributed by atoms with Crippen LogP contribution in [0.1, 0.15) is 22.4 Å². The van der Waals surface area contributed by atoms with E-state index in [0.717, 1.165) is 16.3 Å². The Morgan fingerprint density at radius 2 is 2.31 bits per heavy atom. The Morgan fingerprint density at radius 1 is 1.50 bits per heavy atom. The molecular formula is C12H12ClNOS. The third kappa shape index (κ3) is 2.82. The van der Waals surface area contributed by atoms with Crippen LogP contribution in [0.25, 0.3) is 0 Å². The first kappa shape index (κ1) is 11.6. The Labute approximate surface area is 104 Å². The molecule has 0 radical (unpaired) electrons. The standard InChI is InChI=1S/C12H12ClNOS/c1-8-14-11(7-16-8)12(15)6-9-3-2-4-10(13)5-9/h2-5,7,12,15H,6H2,1H3. The van der Waals surface area contributed by atoms with E-state index in [0.29, 0.717) is 11.4 Å². The molecule has 2 aromatic rings. The molecule has 2 nitrogen and oxygen atoms in total. The van der Waals surface area contributed by atoms with Gasteiger partial charge in [0.25, 0.3) is 0 Å². The zero-order valence-corrected chi connectivity index (χ0v) is 10.4. The first-order valence-corrected chi connectivity index (χ1v) is 6.25. The second kappa shape index (κ2) is 4.95. The fourth-order valence-corrected chi connectivity index (χ4v) is 2.40. The number of benzene rings is 1. The van der Waals surface area contributed by atoms with Gasteiger partial charge in [-0.25, -0.2) is 4.98 Å². The molecule has 2 rings (SSSR count). The lowest BCUT2D eigenvalue weighted by Crippen LogP contribution is -2.02.